The summed E-state index contributed by atoms with van der Waals surface area (Å²) in [6.07, 6.45) is 4.38. The highest BCUT2D eigenvalue weighted by atomic mass is 79.9. The Morgan fingerprint density at radius 2 is 1.61 bits per heavy atom. The fourth-order valence-electron chi connectivity index (χ4n) is 2.36. The van der Waals surface area contributed by atoms with Crippen LogP contribution >= 0.6 is 0 Å². The standard InChI is InChI=1S/C16H20N.BrH/c1-3-15-12-8-9-13-17(15)16(4-2)14-10-6-5-7-11-14;/h5-13,16H,3-4H2,1-2H3;1H/q+1;/p-1. The average Bonchev–Trinajstić information content (AvgIpc) is 2.41. The molecule has 2 rings (SSSR count). The second-order valence-electron chi connectivity index (χ2n) is 4.29. The molecule has 1 heterocycles. The number of rotatable bonds is 4. The molecule has 0 aliphatic carbocycles. The maximum atomic E-state index is 2.40. The van der Waals surface area contributed by atoms with Gasteiger partial charge in [0, 0.05) is 30.5 Å². The van der Waals surface area contributed by atoms with Crippen molar-refractivity contribution in [2.75, 3.05) is 0 Å². The van der Waals surface area contributed by atoms with Gasteiger partial charge in [-0.05, 0) is 0 Å². The van der Waals surface area contributed by atoms with Crippen molar-refractivity contribution in [2.24, 2.45) is 0 Å². The van der Waals surface area contributed by atoms with E-state index in [2.05, 4.69) is 73.1 Å². The Labute approximate surface area is 120 Å². The largest absolute Gasteiger partial charge is 1.00 e. The minimum Gasteiger partial charge on any atom is -1.00 e. The maximum absolute atomic E-state index is 2.40. The monoisotopic (exact) mass is 305 g/mol. The Morgan fingerprint density at radius 3 is 2.22 bits per heavy atom. The molecule has 1 atom stereocenters. The molecule has 0 saturated heterocycles. The van der Waals surface area contributed by atoms with Gasteiger partial charge in [-0.2, -0.15) is 4.57 Å². The molecule has 1 aromatic heterocycles. The number of halogens is 1. The van der Waals surface area contributed by atoms with Gasteiger partial charge in [-0.3, -0.25) is 0 Å². The predicted octanol–water partition coefficient (Wildman–Crippen LogP) is 0.540. The summed E-state index contributed by atoms with van der Waals surface area (Å²) in [5, 5.41) is 0. The number of nitrogens with zero attached hydrogens (tertiary/aromatic N) is 1. The Bertz CT molecular complexity index is 468. The van der Waals surface area contributed by atoms with Crippen LogP contribution in [-0.4, -0.2) is 0 Å². The van der Waals surface area contributed by atoms with Crippen molar-refractivity contribution in [3.63, 3.8) is 0 Å². The van der Waals surface area contributed by atoms with Crippen LogP contribution in [0.2, 0.25) is 0 Å². The van der Waals surface area contributed by atoms with Gasteiger partial charge in [0.15, 0.2) is 17.9 Å². The van der Waals surface area contributed by atoms with Gasteiger partial charge in [0.1, 0.15) is 0 Å². The van der Waals surface area contributed by atoms with E-state index >= 15 is 0 Å². The van der Waals surface area contributed by atoms with Gasteiger partial charge >= 0.3 is 0 Å². The van der Waals surface area contributed by atoms with E-state index in [1.165, 1.54) is 11.3 Å². The summed E-state index contributed by atoms with van der Waals surface area (Å²) in [6, 6.07) is 17.6. The zero-order valence-corrected chi connectivity index (χ0v) is 12.6. The van der Waals surface area contributed by atoms with Crippen molar-refractivity contribution in [2.45, 2.75) is 32.7 Å². The minimum atomic E-state index is 0. The molecule has 0 aliphatic heterocycles. The van der Waals surface area contributed by atoms with E-state index in [4.69, 9.17) is 0 Å². The van der Waals surface area contributed by atoms with Crippen LogP contribution in [0.1, 0.15) is 37.6 Å². The molecular formula is C16H20BrN. The highest BCUT2D eigenvalue weighted by Crippen LogP contribution is 2.16. The van der Waals surface area contributed by atoms with Crippen molar-refractivity contribution in [1.82, 2.24) is 0 Å². The number of hydrogen-bond acceptors (Lipinski definition) is 0. The number of aromatic nitrogens is 1. The smallest absolute Gasteiger partial charge is 0.183 e. The number of hydrogen-bond donors (Lipinski definition) is 0. The van der Waals surface area contributed by atoms with Crippen LogP contribution < -0.4 is 21.5 Å². The van der Waals surface area contributed by atoms with Gasteiger partial charge in [-0.1, -0.05) is 50.2 Å². The van der Waals surface area contributed by atoms with Crippen molar-refractivity contribution in [1.29, 1.82) is 0 Å². The molecule has 2 heteroatoms. The third kappa shape index (κ3) is 3.20. The molecule has 0 radical (unpaired) electrons. The second kappa shape index (κ2) is 7.32. The van der Waals surface area contributed by atoms with Gasteiger partial charge in [-0.25, -0.2) is 0 Å². The third-order valence-electron chi connectivity index (χ3n) is 3.25. The Morgan fingerprint density at radius 1 is 0.944 bits per heavy atom. The molecule has 1 unspecified atom stereocenters. The van der Waals surface area contributed by atoms with Gasteiger partial charge in [-0.15, -0.1) is 0 Å². The highest BCUT2D eigenvalue weighted by molar-refractivity contribution is 5.17. The molecular weight excluding hydrogens is 286 g/mol. The Balaban J connectivity index is 0.00000162. The van der Waals surface area contributed by atoms with Crippen LogP contribution in [0.3, 0.4) is 0 Å². The van der Waals surface area contributed by atoms with Gasteiger partial charge in [0.25, 0.3) is 0 Å². The maximum Gasteiger partial charge on any atom is 0.183 e. The topological polar surface area (TPSA) is 3.88 Å². The number of pyridine rings is 1. The van der Waals surface area contributed by atoms with E-state index in [0.717, 1.165) is 12.8 Å². The lowest BCUT2D eigenvalue weighted by Crippen LogP contribution is -3.00. The molecule has 1 aromatic carbocycles. The lowest BCUT2D eigenvalue weighted by atomic mass is 10.0. The lowest BCUT2D eigenvalue weighted by molar-refractivity contribution is -0.720. The van der Waals surface area contributed by atoms with Crippen LogP contribution in [0.15, 0.2) is 54.7 Å². The van der Waals surface area contributed by atoms with Gasteiger partial charge in [0.2, 0.25) is 0 Å². The molecule has 1 nitrogen and oxygen atoms in total. The fourth-order valence-corrected chi connectivity index (χ4v) is 2.36. The summed E-state index contributed by atoms with van der Waals surface area (Å²) in [5.74, 6) is 0. The summed E-state index contributed by atoms with van der Waals surface area (Å²) in [6.45, 7) is 4.46. The quantitative estimate of drug-likeness (QED) is 0.726. The van der Waals surface area contributed by atoms with Gasteiger partial charge < -0.3 is 17.0 Å². The van der Waals surface area contributed by atoms with Crippen LogP contribution in [0.5, 0.6) is 0 Å². The SMILES string of the molecule is CCc1cccc[n+]1C(CC)c1ccccc1.[Br-]. The summed E-state index contributed by atoms with van der Waals surface area (Å²) in [7, 11) is 0. The summed E-state index contributed by atoms with van der Waals surface area (Å²) >= 11 is 0. The van der Waals surface area contributed by atoms with Crippen LogP contribution in [0.25, 0.3) is 0 Å². The molecule has 0 aliphatic rings. The van der Waals surface area contributed by atoms with E-state index in [9.17, 15) is 0 Å². The molecule has 0 saturated carbocycles. The molecule has 0 spiro atoms. The molecule has 96 valence electrons. The minimum absolute atomic E-state index is 0. The third-order valence-corrected chi connectivity index (χ3v) is 3.25. The Hall–Kier alpha value is -1.15. The number of aryl methyl sites for hydroxylation is 1. The molecule has 0 amide bonds. The Kier molecular flexibility index (Phi) is 6.06. The van der Waals surface area contributed by atoms with E-state index < -0.39 is 0 Å². The molecule has 0 bridgehead atoms. The van der Waals surface area contributed by atoms with Crippen LogP contribution in [0.4, 0.5) is 0 Å². The molecule has 2 aromatic rings. The molecule has 0 N–H and O–H groups in total. The normalized spacial score (nSPS) is 11.7. The van der Waals surface area contributed by atoms with Crippen molar-refractivity contribution >= 4 is 0 Å². The average molecular weight is 306 g/mol. The number of benzene rings is 1. The lowest BCUT2D eigenvalue weighted by Gasteiger charge is -2.13. The zero-order valence-electron chi connectivity index (χ0n) is 11.0. The summed E-state index contributed by atoms with van der Waals surface area (Å²) < 4.78 is 2.40. The van der Waals surface area contributed by atoms with Crippen LogP contribution in [-0.2, 0) is 6.42 Å². The summed E-state index contributed by atoms with van der Waals surface area (Å²) in [4.78, 5) is 0. The van der Waals surface area contributed by atoms with Crippen molar-refractivity contribution in [3.05, 3.63) is 66.0 Å². The van der Waals surface area contributed by atoms with Crippen LogP contribution in [0, 0.1) is 0 Å². The highest BCUT2D eigenvalue weighted by Gasteiger charge is 2.21. The first kappa shape index (κ1) is 14.9. The van der Waals surface area contributed by atoms with E-state index in [0.29, 0.717) is 6.04 Å². The van der Waals surface area contributed by atoms with E-state index in [-0.39, 0.29) is 17.0 Å². The van der Waals surface area contributed by atoms with Crippen molar-refractivity contribution in [3.8, 4) is 0 Å². The second-order valence-corrected chi connectivity index (χ2v) is 4.29. The van der Waals surface area contributed by atoms with Crippen molar-refractivity contribution < 1.29 is 21.5 Å². The molecule has 0 fully saturated rings. The van der Waals surface area contributed by atoms with E-state index in [1.807, 2.05) is 0 Å². The molecule has 18 heavy (non-hydrogen) atoms. The fraction of sp³-hybridized carbons (Fsp3) is 0.312. The predicted molar refractivity (Wildman–Crippen MR) is 70.9 cm³/mol. The van der Waals surface area contributed by atoms with E-state index in [1.54, 1.807) is 0 Å². The zero-order chi connectivity index (χ0) is 12.1. The first-order valence-electron chi connectivity index (χ1n) is 6.40. The van der Waals surface area contributed by atoms with Gasteiger partial charge in [0.05, 0.1) is 0 Å². The first-order chi connectivity index (χ1) is 8.36. The first-order valence-corrected chi connectivity index (χ1v) is 6.40. The summed E-state index contributed by atoms with van der Waals surface area (Å²) in [5.41, 5.74) is 2.78.